The van der Waals surface area contributed by atoms with E-state index < -0.39 is 19.6 Å². The van der Waals surface area contributed by atoms with E-state index in [4.69, 9.17) is 0 Å². The summed E-state index contributed by atoms with van der Waals surface area (Å²) in [5, 5.41) is 10.6. The Morgan fingerprint density at radius 3 is 2.38 bits per heavy atom. The van der Waals surface area contributed by atoms with Crippen molar-refractivity contribution in [1.82, 2.24) is 4.90 Å². The second-order valence-electron chi connectivity index (χ2n) is 7.59. The molecule has 0 bridgehead atoms. The van der Waals surface area contributed by atoms with E-state index in [2.05, 4.69) is 31.1 Å². The van der Waals surface area contributed by atoms with Gasteiger partial charge in [-0.15, -0.1) is 5.54 Å². The van der Waals surface area contributed by atoms with Crippen molar-refractivity contribution in [3.05, 3.63) is 35.9 Å². The van der Waals surface area contributed by atoms with E-state index >= 15 is 0 Å². The molecule has 2 rings (SSSR count). The average molecular weight is 344 g/mol. The first-order chi connectivity index (χ1) is 11.3. The quantitative estimate of drug-likeness (QED) is 0.659. The minimum Gasteiger partial charge on any atom is -0.380 e. The Balaban J connectivity index is 2.35. The van der Waals surface area contributed by atoms with Crippen LogP contribution in [-0.4, -0.2) is 43.2 Å². The number of hydrogen-bond acceptors (Lipinski definition) is 2. The summed E-state index contributed by atoms with van der Waals surface area (Å²) in [6.45, 7) is 11.8. The summed E-state index contributed by atoms with van der Waals surface area (Å²) in [4.78, 5) is 15.0. The van der Waals surface area contributed by atoms with Gasteiger partial charge in [0.1, 0.15) is 14.2 Å². The van der Waals surface area contributed by atoms with E-state index in [1.807, 2.05) is 49.1 Å². The van der Waals surface area contributed by atoms with Crippen molar-refractivity contribution in [3.8, 4) is 11.5 Å². The molecule has 3 atom stereocenters. The van der Waals surface area contributed by atoms with Crippen LogP contribution in [0.25, 0.3) is 0 Å². The number of hydrogen-bond donors (Lipinski definition) is 1. The van der Waals surface area contributed by atoms with Gasteiger partial charge < -0.3 is 10.0 Å². The van der Waals surface area contributed by atoms with Gasteiger partial charge in [-0.05, 0) is 25.8 Å². The molecule has 1 aromatic rings. The highest BCUT2D eigenvalue weighted by Gasteiger charge is 2.64. The van der Waals surface area contributed by atoms with Crippen LogP contribution in [0.1, 0.15) is 25.8 Å². The molecule has 0 heterocycles. The fourth-order valence-electron chi connectivity index (χ4n) is 3.29. The van der Waals surface area contributed by atoms with Gasteiger partial charge in [-0.1, -0.05) is 55.9 Å². The summed E-state index contributed by atoms with van der Waals surface area (Å²) >= 11 is 0. The molecule has 0 saturated heterocycles. The predicted molar refractivity (Wildman–Crippen MR) is 101 cm³/mol. The summed E-state index contributed by atoms with van der Waals surface area (Å²) in [6, 6.07) is 9.88. The molecule has 1 amide bonds. The minimum atomic E-state index is -1.54. The fourth-order valence-corrected chi connectivity index (χ4v) is 3.87. The van der Waals surface area contributed by atoms with Crippen LogP contribution in [0, 0.1) is 17.4 Å². The number of likely N-dealkylation sites (N-methyl/N-ethyl adjacent to an activating group) is 1. The molecule has 0 aliphatic heterocycles. The number of aliphatic hydroxyl groups is 1. The largest absolute Gasteiger partial charge is 0.380 e. The maximum Gasteiger partial charge on any atom is 0.233 e. The van der Waals surface area contributed by atoms with E-state index in [1.165, 1.54) is 0 Å². The van der Waals surface area contributed by atoms with Crippen LogP contribution in [0.3, 0.4) is 0 Å². The molecule has 1 aliphatic rings. The molecule has 0 radical (unpaired) electrons. The molecular formula is C20H29NO2Si. The fraction of sp³-hybridized carbons (Fsp3) is 0.550. The molecule has 4 heteroatoms. The third kappa shape index (κ3) is 3.74. The van der Waals surface area contributed by atoms with Gasteiger partial charge in [-0.2, -0.15) is 0 Å². The van der Waals surface area contributed by atoms with E-state index in [0.29, 0.717) is 19.5 Å². The number of carbonyl (C=O) groups excluding carboxylic acids is 1. The van der Waals surface area contributed by atoms with Crippen molar-refractivity contribution in [1.29, 1.82) is 0 Å². The second-order valence-corrected chi connectivity index (χ2v) is 12.3. The Bertz CT molecular complexity index is 637. The third-order valence-electron chi connectivity index (χ3n) is 4.71. The molecule has 130 valence electrons. The van der Waals surface area contributed by atoms with Crippen molar-refractivity contribution in [2.24, 2.45) is 5.92 Å². The number of aliphatic hydroxyl groups excluding tert-OH is 1. The molecule has 0 spiro atoms. The van der Waals surface area contributed by atoms with Gasteiger partial charge in [0.25, 0.3) is 0 Å². The highest BCUT2D eigenvalue weighted by molar-refractivity contribution is 6.83. The number of amides is 1. The van der Waals surface area contributed by atoms with Crippen LogP contribution in [-0.2, 0) is 10.2 Å². The monoisotopic (exact) mass is 343 g/mol. The zero-order valence-electron chi connectivity index (χ0n) is 15.5. The zero-order chi connectivity index (χ0) is 18.0. The molecule has 1 saturated carbocycles. The first-order valence-corrected chi connectivity index (χ1v) is 12.3. The van der Waals surface area contributed by atoms with Crippen LogP contribution >= 0.6 is 0 Å². The highest BCUT2D eigenvalue weighted by Crippen LogP contribution is 2.57. The Labute approximate surface area is 147 Å². The highest BCUT2D eigenvalue weighted by atomic mass is 28.3. The van der Waals surface area contributed by atoms with E-state index in [9.17, 15) is 9.90 Å². The van der Waals surface area contributed by atoms with Gasteiger partial charge in [0, 0.05) is 19.0 Å². The van der Waals surface area contributed by atoms with Crippen LogP contribution in [0.5, 0.6) is 0 Å². The Morgan fingerprint density at radius 1 is 1.29 bits per heavy atom. The van der Waals surface area contributed by atoms with Gasteiger partial charge in [0.2, 0.25) is 5.91 Å². The van der Waals surface area contributed by atoms with Crippen LogP contribution in [0.2, 0.25) is 19.6 Å². The normalized spacial score (nSPS) is 23.8. The number of nitrogens with zero attached hydrogens (tertiary/aromatic N) is 1. The van der Waals surface area contributed by atoms with Crippen LogP contribution in [0.15, 0.2) is 30.3 Å². The molecule has 1 aliphatic carbocycles. The van der Waals surface area contributed by atoms with Crippen LogP contribution in [0.4, 0.5) is 0 Å². The first kappa shape index (κ1) is 18.8. The smallest absolute Gasteiger partial charge is 0.233 e. The zero-order valence-corrected chi connectivity index (χ0v) is 16.5. The van der Waals surface area contributed by atoms with E-state index in [1.54, 1.807) is 0 Å². The summed E-state index contributed by atoms with van der Waals surface area (Å²) < 4.78 is 0. The lowest BCUT2D eigenvalue weighted by atomic mass is 9.90. The summed E-state index contributed by atoms with van der Waals surface area (Å²) in [7, 11) is -1.54. The lowest BCUT2D eigenvalue weighted by Gasteiger charge is -2.27. The summed E-state index contributed by atoms with van der Waals surface area (Å²) in [5.74, 6) is 3.04. The van der Waals surface area contributed by atoms with Crippen molar-refractivity contribution in [2.75, 3.05) is 13.1 Å². The molecule has 1 N–H and O–H groups in total. The second kappa shape index (κ2) is 7.12. The first-order valence-electron chi connectivity index (χ1n) is 8.82. The van der Waals surface area contributed by atoms with Crippen molar-refractivity contribution in [2.45, 2.75) is 51.4 Å². The molecule has 0 unspecified atom stereocenters. The molecular weight excluding hydrogens is 314 g/mol. The molecule has 1 fully saturated rings. The third-order valence-corrected chi connectivity index (χ3v) is 5.61. The van der Waals surface area contributed by atoms with Gasteiger partial charge in [-0.25, -0.2) is 0 Å². The summed E-state index contributed by atoms with van der Waals surface area (Å²) in [6.07, 6.45) is -0.0649. The van der Waals surface area contributed by atoms with Gasteiger partial charge in [0.05, 0.1) is 5.41 Å². The maximum atomic E-state index is 13.2. The van der Waals surface area contributed by atoms with Gasteiger partial charge in [0.15, 0.2) is 0 Å². The maximum absolute atomic E-state index is 13.2. The topological polar surface area (TPSA) is 40.5 Å². The standard InChI is InChI=1S/C20H29NO2Si/c1-6-21(7-2)19(23)20(16-11-9-8-10-12-16)15-17(20)18(22)13-14-24(3,4)5/h8-12,17-18,22H,6-7,15H2,1-5H3/t17-,18+,20+/m0/s1. The lowest BCUT2D eigenvalue weighted by Crippen LogP contribution is -2.41. The molecule has 1 aromatic carbocycles. The minimum absolute atomic E-state index is 0.114. The molecule has 24 heavy (non-hydrogen) atoms. The Kier molecular flexibility index (Phi) is 5.57. The number of benzene rings is 1. The SMILES string of the molecule is CCN(CC)C(=O)[C@@]1(c2ccccc2)C[C@H]1[C@H](O)C#C[Si](C)(C)C. The van der Waals surface area contributed by atoms with Crippen LogP contribution < -0.4 is 0 Å². The van der Waals surface area contributed by atoms with Gasteiger partial charge in [-0.3, -0.25) is 4.79 Å². The van der Waals surface area contributed by atoms with E-state index in [-0.39, 0.29) is 11.8 Å². The van der Waals surface area contributed by atoms with Crippen molar-refractivity contribution >= 4 is 14.0 Å². The van der Waals surface area contributed by atoms with Gasteiger partial charge >= 0.3 is 0 Å². The summed E-state index contributed by atoms with van der Waals surface area (Å²) in [5.41, 5.74) is 3.63. The number of carbonyl (C=O) groups is 1. The average Bonchev–Trinajstić information content (AvgIpc) is 3.31. The lowest BCUT2D eigenvalue weighted by molar-refractivity contribution is -0.134. The Hall–Kier alpha value is -1.57. The number of rotatable bonds is 5. The molecule has 3 nitrogen and oxygen atoms in total. The van der Waals surface area contributed by atoms with Crippen molar-refractivity contribution < 1.29 is 9.90 Å². The van der Waals surface area contributed by atoms with Crippen molar-refractivity contribution in [3.63, 3.8) is 0 Å². The predicted octanol–water partition coefficient (Wildman–Crippen LogP) is 3.05. The molecule has 0 aromatic heterocycles. The Morgan fingerprint density at radius 2 is 1.88 bits per heavy atom. The van der Waals surface area contributed by atoms with E-state index in [0.717, 1.165) is 5.56 Å².